The summed E-state index contributed by atoms with van der Waals surface area (Å²) in [5.74, 6) is -0.285. The molecule has 1 unspecified atom stereocenters. The van der Waals surface area contributed by atoms with Gasteiger partial charge in [-0.2, -0.15) is 0 Å². The first-order valence-electron chi connectivity index (χ1n) is 17.1. The molecule has 1 aliphatic carbocycles. The van der Waals surface area contributed by atoms with E-state index < -0.39 is 27.9 Å². The first-order chi connectivity index (χ1) is 24.6. The molecule has 4 aromatic carbocycles. The minimum Gasteiger partial charge on any atom is -0.394 e. The second-order valence-corrected chi connectivity index (χ2v) is 15.3. The molecule has 0 bridgehead atoms. The summed E-state index contributed by atoms with van der Waals surface area (Å²) in [6.07, 6.45) is 5.18. The van der Waals surface area contributed by atoms with Gasteiger partial charge in [-0.1, -0.05) is 79.2 Å². The Labute approximate surface area is 302 Å². The summed E-state index contributed by atoms with van der Waals surface area (Å²) in [4.78, 5) is 41.3. The molecule has 0 saturated heterocycles. The Morgan fingerprint density at radius 2 is 1.73 bits per heavy atom. The zero-order valence-electron chi connectivity index (χ0n) is 28.1. The largest absolute Gasteiger partial charge is 0.394 e. The van der Waals surface area contributed by atoms with Crippen molar-refractivity contribution in [2.24, 2.45) is 5.92 Å². The fraction of sp³-hybridized carbons (Fsp3) is 0.282. The molecular weight excluding hydrogens is 686 g/mol. The van der Waals surface area contributed by atoms with Crippen LogP contribution in [0.1, 0.15) is 58.0 Å². The van der Waals surface area contributed by atoms with E-state index in [-0.39, 0.29) is 34.2 Å². The molecule has 2 heterocycles. The molecule has 1 atom stereocenters. The highest BCUT2D eigenvalue weighted by Crippen LogP contribution is 2.35. The Balaban J connectivity index is 1.28. The fourth-order valence-corrected chi connectivity index (χ4v) is 7.84. The van der Waals surface area contributed by atoms with Crippen LogP contribution in [0.15, 0.2) is 96.0 Å². The number of fused-ring (bicyclic) bond motifs is 2. The molecule has 2 aliphatic rings. The second-order valence-electron chi connectivity index (χ2n) is 13.2. The zero-order valence-corrected chi connectivity index (χ0v) is 29.7. The van der Waals surface area contributed by atoms with Gasteiger partial charge in [-0.05, 0) is 77.8 Å². The van der Waals surface area contributed by atoms with Crippen molar-refractivity contribution in [1.82, 2.24) is 19.6 Å². The molecule has 1 aliphatic heterocycles. The van der Waals surface area contributed by atoms with E-state index in [9.17, 15) is 23.1 Å². The molecule has 5 aromatic rings. The summed E-state index contributed by atoms with van der Waals surface area (Å²) in [7, 11) is -4.27. The Bertz CT molecular complexity index is 2240. The number of sulfonamides is 1. The van der Waals surface area contributed by atoms with E-state index in [4.69, 9.17) is 16.6 Å². The number of aliphatic hydroxyl groups excluding tert-OH is 1. The number of halogens is 1. The highest BCUT2D eigenvalue weighted by molar-refractivity contribution is 7.90. The maximum absolute atomic E-state index is 14.6. The number of rotatable bonds is 11. The van der Waals surface area contributed by atoms with Gasteiger partial charge in [-0.3, -0.25) is 9.59 Å². The molecule has 0 radical (unpaired) electrons. The Hall–Kier alpha value is -4.84. The molecule has 10 nitrogen and oxygen atoms in total. The number of hydrogen-bond acceptors (Lipinski definition) is 8. The summed E-state index contributed by atoms with van der Waals surface area (Å²) in [6, 6.07) is 23.6. The van der Waals surface area contributed by atoms with E-state index in [1.165, 1.54) is 30.5 Å². The molecular formula is C39H38ClN5O5S. The SMILES string of the molecule is CCCN(CC1CC1)c1ncc(Cl)c(-c2ccc(C(=O)NS(=O)(=O)c3ccc4ccccc4c3)cc2C(=O)N2Cc3ccccc3CC2CO)n1. The third kappa shape index (κ3) is 7.33. The van der Waals surface area contributed by atoms with Crippen LogP contribution in [0, 0.1) is 5.92 Å². The molecule has 2 N–H and O–H groups in total. The first kappa shape index (κ1) is 34.6. The number of hydrogen-bond donors (Lipinski definition) is 2. The van der Waals surface area contributed by atoms with Gasteiger partial charge < -0.3 is 14.9 Å². The highest BCUT2D eigenvalue weighted by Gasteiger charge is 2.33. The average Bonchev–Trinajstić information content (AvgIpc) is 3.97. The number of nitrogens with one attached hydrogen (secondary N) is 1. The van der Waals surface area contributed by atoms with Crippen molar-refractivity contribution in [3.8, 4) is 11.3 Å². The number of aromatic nitrogens is 2. The Morgan fingerprint density at radius 3 is 2.47 bits per heavy atom. The van der Waals surface area contributed by atoms with Gasteiger partial charge in [0.05, 0.1) is 34.5 Å². The number of amides is 2. The molecule has 2 amide bonds. The Morgan fingerprint density at radius 1 is 0.980 bits per heavy atom. The maximum atomic E-state index is 14.6. The van der Waals surface area contributed by atoms with Gasteiger partial charge in [0.2, 0.25) is 5.95 Å². The molecule has 1 fully saturated rings. The van der Waals surface area contributed by atoms with Crippen molar-refractivity contribution < 1.29 is 23.1 Å². The van der Waals surface area contributed by atoms with E-state index in [2.05, 4.69) is 21.5 Å². The van der Waals surface area contributed by atoms with Crippen LogP contribution in [0.3, 0.4) is 0 Å². The topological polar surface area (TPSA) is 133 Å². The van der Waals surface area contributed by atoms with Crippen LogP contribution in [0.2, 0.25) is 5.02 Å². The van der Waals surface area contributed by atoms with Crippen molar-refractivity contribution >= 4 is 50.2 Å². The van der Waals surface area contributed by atoms with Crippen LogP contribution in [-0.4, -0.2) is 65.9 Å². The van der Waals surface area contributed by atoms with Gasteiger partial charge in [0.1, 0.15) is 0 Å². The molecule has 0 spiro atoms. The summed E-state index contributed by atoms with van der Waals surface area (Å²) >= 11 is 6.75. The lowest BCUT2D eigenvalue weighted by Crippen LogP contribution is -2.46. The lowest BCUT2D eigenvalue weighted by molar-refractivity contribution is 0.0545. The summed E-state index contributed by atoms with van der Waals surface area (Å²) in [5, 5.41) is 12.2. The predicted octanol–water partition coefficient (Wildman–Crippen LogP) is 6.25. The van der Waals surface area contributed by atoms with Gasteiger partial charge in [0.25, 0.3) is 21.8 Å². The van der Waals surface area contributed by atoms with E-state index in [0.29, 0.717) is 34.9 Å². The quantitative estimate of drug-likeness (QED) is 0.163. The number of benzene rings is 4. The average molecular weight is 724 g/mol. The first-order valence-corrected chi connectivity index (χ1v) is 19.0. The molecule has 7 rings (SSSR count). The molecule has 1 aromatic heterocycles. The minimum atomic E-state index is -4.27. The van der Waals surface area contributed by atoms with Crippen LogP contribution in [0.4, 0.5) is 5.95 Å². The van der Waals surface area contributed by atoms with Crippen molar-refractivity contribution in [2.75, 3.05) is 24.6 Å². The smallest absolute Gasteiger partial charge is 0.265 e. The number of aliphatic hydroxyl groups is 1. The van der Waals surface area contributed by atoms with Crippen LogP contribution >= 0.6 is 11.6 Å². The van der Waals surface area contributed by atoms with E-state index in [1.54, 1.807) is 29.2 Å². The third-order valence-electron chi connectivity index (χ3n) is 9.54. The lowest BCUT2D eigenvalue weighted by Gasteiger charge is -2.36. The number of carbonyl (C=O) groups is 2. The lowest BCUT2D eigenvalue weighted by atomic mass is 9.92. The van der Waals surface area contributed by atoms with Crippen molar-refractivity contribution in [2.45, 2.75) is 50.1 Å². The van der Waals surface area contributed by atoms with Gasteiger partial charge in [0.15, 0.2) is 0 Å². The van der Waals surface area contributed by atoms with Gasteiger partial charge in [-0.15, -0.1) is 0 Å². The Kier molecular flexibility index (Phi) is 9.78. The fourth-order valence-electron chi connectivity index (χ4n) is 6.64. The summed E-state index contributed by atoms with van der Waals surface area (Å²) in [6.45, 7) is 3.62. The zero-order chi connectivity index (χ0) is 35.7. The standard InChI is InChI=1S/C39H38ClN5O5S/c1-2-17-44(22-25-11-12-25)39-41-21-35(40)36(42-39)33-16-14-29(37(47)43-51(49,50)32-15-13-26-7-3-4-9-28(26)19-32)20-34(33)38(48)45-23-30-10-6-5-8-27(30)18-31(45)24-46/h3-10,13-16,19-21,25,31,46H,2,11-12,17-18,22-24H2,1H3,(H,43,47). The molecule has 262 valence electrons. The monoisotopic (exact) mass is 723 g/mol. The highest BCUT2D eigenvalue weighted by atomic mass is 35.5. The number of carbonyl (C=O) groups excluding carboxylic acids is 2. The van der Waals surface area contributed by atoms with E-state index in [1.807, 2.05) is 36.4 Å². The van der Waals surface area contributed by atoms with Crippen LogP contribution in [0.5, 0.6) is 0 Å². The van der Waals surface area contributed by atoms with E-state index in [0.717, 1.165) is 48.9 Å². The molecule has 51 heavy (non-hydrogen) atoms. The van der Waals surface area contributed by atoms with Crippen molar-refractivity contribution in [1.29, 1.82) is 0 Å². The summed E-state index contributed by atoms with van der Waals surface area (Å²) in [5.41, 5.74) is 2.72. The van der Waals surface area contributed by atoms with Crippen LogP contribution in [-0.2, 0) is 23.0 Å². The molecule has 1 saturated carbocycles. The van der Waals surface area contributed by atoms with Gasteiger partial charge >= 0.3 is 0 Å². The number of anilines is 1. The minimum absolute atomic E-state index is 0.0452. The molecule has 12 heteroatoms. The second kappa shape index (κ2) is 14.4. The van der Waals surface area contributed by atoms with Crippen molar-refractivity contribution in [3.63, 3.8) is 0 Å². The van der Waals surface area contributed by atoms with Crippen LogP contribution < -0.4 is 9.62 Å². The normalized spacial score (nSPS) is 15.7. The van der Waals surface area contributed by atoms with Gasteiger partial charge in [0, 0.05) is 36.3 Å². The number of nitrogens with zero attached hydrogens (tertiary/aromatic N) is 4. The van der Waals surface area contributed by atoms with Crippen LogP contribution in [0.25, 0.3) is 22.0 Å². The predicted molar refractivity (Wildman–Crippen MR) is 197 cm³/mol. The van der Waals surface area contributed by atoms with E-state index >= 15 is 0 Å². The third-order valence-corrected chi connectivity index (χ3v) is 11.1. The van der Waals surface area contributed by atoms with Gasteiger partial charge in [-0.25, -0.2) is 23.1 Å². The maximum Gasteiger partial charge on any atom is 0.265 e. The van der Waals surface area contributed by atoms with Crippen molar-refractivity contribution in [3.05, 3.63) is 118 Å². The summed E-state index contributed by atoms with van der Waals surface area (Å²) < 4.78 is 29.0.